The molecule has 0 aliphatic heterocycles. The maximum Gasteiger partial charge on any atom is 0.309 e. The minimum atomic E-state index is -0.823. The van der Waals surface area contributed by atoms with Crippen molar-refractivity contribution in [3.63, 3.8) is 0 Å². The number of carbonyl (C=O) groups excluding carboxylic acids is 2. The Morgan fingerprint density at radius 1 is 1.03 bits per heavy atom. The third-order valence-corrected chi connectivity index (χ3v) is 6.32. The zero-order valence-corrected chi connectivity index (χ0v) is 21.1. The van der Waals surface area contributed by atoms with Crippen LogP contribution >= 0.6 is 0 Å². The number of rotatable bonds is 16. The van der Waals surface area contributed by atoms with Crippen LogP contribution in [0, 0.1) is 11.8 Å². The van der Waals surface area contributed by atoms with Crippen molar-refractivity contribution in [3.8, 4) is 0 Å². The second-order valence-electron chi connectivity index (χ2n) is 9.66. The van der Waals surface area contributed by atoms with Gasteiger partial charge in [0.05, 0.1) is 46.5 Å². The number of carboxylic acids is 1. The first-order valence-corrected chi connectivity index (χ1v) is 12.3. The van der Waals surface area contributed by atoms with Crippen LogP contribution in [0.3, 0.4) is 0 Å². The van der Waals surface area contributed by atoms with Crippen molar-refractivity contribution in [3.05, 3.63) is 54.1 Å². The Kier molecular flexibility index (Phi) is 11.4. The molecule has 1 aromatic carbocycles. The second kappa shape index (κ2) is 14.3. The molecule has 0 radical (unpaired) electrons. The molecule has 0 saturated heterocycles. The van der Waals surface area contributed by atoms with Crippen molar-refractivity contribution < 1.29 is 24.0 Å². The number of nitrogens with zero attached hydrogens (tertiary/aromatic N) is 2. The fourth-order valence-electron chi connectivity index (χ4n) is 4.01. The molecule has 2 aromatic rings. The van der Waals surface area contributed by atoms with Gasteiger partial charge in [-0.2, -0.15) is 0 Å². The van der Waals surface area contributed by atoms with E-state index in [-0.39, 0.29) is 30.1 Å². The number of likely N-dealkylation sites (N-methyl/N-ethyl adjacent to an activating group) is 1. The van der Waals surface area contributed by atoms with Gasteiger partial charge in [0.25, 0.3) is 0 Å². The molecule has 9 nitrogen and oxygen atoms in total. The minimum Gasteiger partial charge on any atom is -0.481 e. The van der Waals surface area contributed by atoms with Crippen LogP contribution in [0.15, 0.2) is 42.9 Å². The van der Waals surface area contributed by atoms with Crippen molar-refractivity contribution in [2.24, 2.45) is 11.8 Å². The van der Waals surface area contributed by atoms with Gasteiger partial charge in [0, 0.05) is 36.7 Å². The van der Waals surface area contributed by atoms with E-state index in [0.717, 1.165) is 11.3 Å². The maximum absolute atomic E-state index is 13.2. The number of carboxylic acid groups (broad SMARTS) is 1. The number of quaternary nitrogens is 1. The number of aliphatic carboxylic acids is 1. The molecule has 2 atom stereocenters. The minimum absolute atomic E-state index is 0.0376. The molecule has 2 unspecified atom stereocenters. The van der Waals surface area contributed by atoms with Crippen molar-refractivity contribution in [2.45, 2.75) is 39.0 Å². The smallest absolute Gasteiger partial charge is 0.309 e. The fourth-order valence-corrected chi connectivity index (χ4v) is 4.01. The predicted octanol–water partition coefficient (Wildman–Crippen LogP) is 2.01. The molecule has 9 heteroatoms. The highest BCUT2D eigenvalue weighted by Gasteiger charge is 2.27. The highest BCUT2D eigenvalue weighted by Crippen LogP contribution is 2.21. The highest BCUT2D eigenvalue weighted by atomic mass is 16.4. The van der Waals surface area contributed by atoms with E-state index in [9.17, 15) is 14.4 Å². The van der Waals surface area contributed by atoms with E-state index in [1.165, 1.54) is 0 Å². The summed E-state index contributed by atoms with van der Waals surface area (Å²) in [7, 11) is 3.91. The first-order chi connectivity index (χ1) is 16.7. The van der Waals surface area contributed by atoms with E-state index in [1.807, 2.05) is 51.4 Å². The molecule has 2 rings (SSSR count). The number of amides is 2. The molecular weight excluding hydrogens is 446 g/mol. The van der Waals surface area contributed by atoms with Crippen LogP contribution in [0.5, 0.6) is 0 Å². The van der Waals surface area contributed by atoms with Crippen LogP contribution < -0.4 is 10.6 Å². The summed E-state index contributed by atoms with van der Waals surface area (Å²) in [6.45, 7) is 4.05. The monoisotopic (exact) mass is 486 g/mol. The number of H-pyrrole nitrogens is 1. The molecule has 192 valence electrons. The number of benzene rings is 1. The molecule has 0 spiro atoms. The van der Waals surface area contributed by atoms with Crippen LogP contribution in [0.1, 0.15) is 37.4 Å². The summed E-state index contributed by atoms with van der Waals surface area (Å²) in [5.41, 5.74) is 2.02. The Bertz CT molecular complexity index is 915. The van der Waals surface area contributed by atoms with Crippen molar-refractivity contribution in [2.75, 3.05) is 40.3 Å². The Labute approximate surface area is 207 Å². The van der Waals surface area contributed by atoms with Gasteiger partial charge in [-0.25, -0.2) is 4.98 Å². The summed E-state index contributed by atoms with van der Waals surface area (Å²) in [6.07, 6.45) is 5.79. The molecule has 0 aliphatic carbocycles. The normalized spacial score (nSPS) is 13.1. The molecule has 4 N–H and O–H groups in total. The molecule has 35 heavy (non-hydrogen) atoms. The standard InChI is InChI=1S/C26H39N5O4/c1-4-21(25(34)28-12-10-23-18-27-19-30-23)17-22(16-20-8-6-5-7-9-20)26(35)29-13-15-31(2,3)14-11-24(32)33/h5-9,18-19,21-22H,4,10-17H2,1-3H3,(H3-,27,28,29,30,32,33,34,35)/p+1. The van der Waals surface area contributed by atoms with E-state index in [4.69, 9.17) is 5.11 Å². The van der Waals surface area contributed by atoms with Gasteiger partial charge in [0.2, 0.25) is 11.8 Å². The van der Waals surface area contributed by atoms with Gasteiger partial charge in [-0.3, -0.25) is 14.4 Å². The van der Waals surface area contributed by atoms with E-state index in [0.29, 0.717) is 56.3 Å². The molecule has 0 bridgehead atoms. The summed E-state index contributed by atoms with van der Waals surface area (Å²) in [6, 6.07) is 9.84. The largest absolute Gasteiger partial charge is 0.481 e. The summed E-state index contributed by atoms with van der Waals surface area (Å²) in [5.74, 6) is -1.54. The lowest BCUT2D eigenvalue weighted by molar-refractivity contribution is -0.888. The molecule has 0 aliphatic rings. The van der Waals surface area contributed by atoms with Crippen LogP contribution in [0.4, 0.5) is 0 Å². The molecule has 2 amide bonds. The van der Waals surface area contributed by atoms with Gasteiger partial charge >= 0.3 is 5.97 Å². The van der Waals surface area contributed by atoms with Gasteiger partial charge < -0.3 is 25.2 Å². The second-order valence-corrected chi connectivity index (χ2v) is 9.66. The fraction of sp³-hybridized carbons (Fsp3) is 0.538. The lowest BCUT2D eigenvalue weighted by Crippen LogP contribution is -2.47. The zero-order valence-electron chi connectivity index (χ0n) is 21.1. The Hall–Kier alpha value is -3.20. The number of aromatic nitrogens is 2. The molecular formula is C26H40N5O4+. The molecule has 0 fully saturated rings. The van der Waals surface area contributed by atoms with Crippen LogP contribution in [0.2, 0.25) is 0 Å². The quantitative estimate of drug-likeness (QED) is 0.270. The van der Waals surface area contributed by atoms with Crippen molar-refractivity contribution >= 4 is 17.8 Å². The van der Waals surface area contributed by atoms with Gasteiger partial charge in [-0.05, 0) is 24.8 Å². The number of aromatic amines is 1. The Morgan fingerprint density at radius 2 is 1.71 bits per heavy atom. The topological polar surface area (TPSA) is 124 Å². The lowest BCUT2D eigenvalue weighted by atomic mass is 9.87. The van der Waals surface area contributed by atoms with Gasteiger partial charge in [0.15, 0.2) is 0 Å². The third kappa shape index (κ3) is 10.7. The molecule has 1 aromatic heterocycles. The van der Waals surface area contributed by atoms with Crippen LogP contribution in [0.25, 0.3) is 0 Å². The van der Waals surface area contributed by atoms with Crippen LogP contribution in [-0.4, -0.2) is 77.6 Å². The highest BCUT2D eigenvalue weighted by molar-refractivity contribution is 5.82. The third-order valence-electron chi connectivity index (χ3n) is 6.32. The molecule has 0 saturated carbocycles. The number of nitrogens with one attached hydrogen (secondary N) is 3. The van der Waals surface area contributed by atoms with Gasteiger partial charge in [0.1, 0.15) is 0 Å². The summed E-state index contributed by atoms with van der Waals surface area (Å²) in [5, 5.41) is 15.0. The number of imidazole rings is 1. The number of hydrogen-bond acceptors (Lipinski definition) is 4. The molecule has 1 heterocycles. The summed E-state index contributed by atoms with van der Waals surface area (Å²) < 4.78 is 0.506. The van der Waals surface area contributed by atoms with Gasteiger partial charge in [-0.15, -0.1) is 0 Å². The van der Waals surface area contributed by atoms with Gasteiger partial charge in [-0.1, -0.05) is 37.3 Å². The predicted molar refractivity (Wildman–Crippen MR) is 134 cm³/mol. The Balaban J connectivity index is 1.96. The average molecular weight is 487 g/mol. The van der Waals surface area contributed by atoms with E-state index < -0.39 is 5.97 Å². The zero-order chi connectivity index (χ0) is 25.7. The number of hydrogen-bond donors (Lipinski definition) is 4. The number of carbonyl (C=O) groups is 3. The summed E-state index contributed by atoms with van der Waals surface area (Å²) in [4.78, 5) is 44.0. The van der Waals surface area contributed by atoms with E-state index in [1.54, 1.807) is 12.5 Å². The first kappa shape index (κ1) is 28.0. The Morgan fingerprint density at radius 3 is 2.34 bits per heavy atom. The van der Waals surface area contributed by atoms with E-state index >= 15 is 0 Å². The average Bonchev–Trinajstić information content (AvgIpc) is 3.34. The van der Waals surface area contributed by atoms with Crippen molar-refractivity contribution in [1.82, 2.24) is 20.6 Å². The van der Waals surface area contributed by atoms with Crippen LogP contribution in [-0.2, 0) is 27.2 Å². The summed E-state index contributed by atoms with van der Waals surface area (Å²) >= 11 is 0. The van der Waals surface area contributed by atoms with E-state index in [2.05, 4.69) is 20.6 Å². The SMILES string of the molecule is CCC(CC(Cc1ccccc1)C(=O)NCC[N+](C)(C)CCC(=O)O)C(=O)NCCc1cnc[nH]1. The first-order valence-electron chi connectivity index (χ1n) is 12.3. The van der Waals surface area contributed by atoms with Crippen molar-refractivity contribution in [1.29, 1.82) is 0 Å². The maximum atomic E-state index is 13.2. The lowest BCUT2D eigenvalue weighted by Gasteiger charge is -2.29.